The Bertz CT molecular complexity index is 1430. The molecule has 3 aromatic rings. The zero-order valence-electron chi connectivity index (χ0n) is 24.7. The number of hydrogen-bond donors (Lipinski definition) is 2. The molecule has 0 fully saturated rings. The standard InChI is InChI=1S/C30H37N5O7/c1-7-35-26(36)25(32-21-14-11-15-31-17-21)23(24(34-35)20-12-9-8-10-13-20)28(38)41-18-40-27(37)22(16-19(2)3)33-29(39)42-30(4,5)6/h8-15,17,19,22,32H,7,16,18H2,1-6H3,(H,33,39)/t22-/m0/s1. The van der Waals surface area contributed by atoms with E-state index >= 15 is 0 Å². The van der Waals surface area contributed by atoms with Crippen LogP contribution in [0.1, 0.15) is 58.3 Å². The van der Waals surface area contributed by atoms with Crippen molar-refractivity contribution >= 4 is 29.4 Å². The van der Waals surface area contributed by atoms with Crippen LogP contribution in [-0.4, -0.2) is 51.2 Å². The van der Waals surface area contributed by atoms with Gasteiger partial charge in [-0.1, -0.05) is 44.2 Å². The van der Waals surface area contributed by atoms with Crippen LogP contribution in [0.3, 0.4) is 0 Å². The number of benzene rings is 1. The van der Waals surface area contributed by atoms with Crippen LogP contribution in [0.4, 0.5) is 16.2 Å². The number of alkyl carbamates (subject to hydrolysis) is 1. The molecule has 0 saturated carbocycles. The smallest absolute Gasteiger partial charge is 0.408 e. The predicted molar refractivity (Wildman–Crippen MR) is 156 cm³/mol. The maximum atomic E-state index is 13.5. The van der Waals surface area contributed by atoms with Crippen LogP contribution in [0.25, 0.3) is 11.3 Å². The third-order valence-electron chi connectivity index (χ3n) is 5.71. The Morgan fingerprint density at radius 2 is 1.74 bits per heavy atom. The maximum absolute atomic E-state index is 13.5. The van der Waals surface area contributed by atoms with Crippen molar-refractivity contribution in [3.05, 3.63) is 70.8 Å². The van der Waals surface area contributed by atoms with Gasteiger partial charge in [-0.3, -0.25) is 9.78 Å². The van der Waals surface area contributed by atoms with Gasteiger partial charge >= 0.3 is 18.0 Å². The third kappa shape index (κ3) is 8.88. The number of hydrogen-bond acceptors (Lipinski definition) is 10. The first-order valence-electron chi connectivity index (χ1n) is 13.6. The number of aryl methyl sites for hydroxylation is 1. The number of carbonyl (C=O) groups is 3. The normalized spacial score (nSPS) is 11.9. The van der Waals surface area contributed by atoms with Crippen molar-refractivity contribution in [1.29, 1.82) is 0 Å². The summed E-state index contributed by atoms with van der Waals surface area (Å²) in [5, 5.41) is 9.92. The fourth-order valence-electron chi connectivity index (χ4n) is 3.93. The van der Waals surface area contributed by atoms with Crippen molar-refractivity contribution in [1.82, 2.24) is 20.1 Å². The molecular formula is C30H37N5O7. The fraction of sp³-hybridized carbons (Fsp3) is 0.400. The summed E-state index contributed by atoms with van der Waals surface area (Å²) in [4.78, 5) is 56.1. The Hall–Kier alpha value is -4.74. The zero-order valence-corrected chi connectivity index (χ0v) is 24.7. The third-order valence-corrected chi connectivity index (χ3v) is 5.71. The first-order valence-corrected chi connectivity index (χ1v) is 13.6. The van der Waals surface area contributed by atoms with E-state index in [0.717, 1.165) is 0 Å². The van der Waals surface area contributed by atoms with Crippen molar-refractivity contribution in [2.45, 2.75) is 66.2 Å². The highest BCUT2D eigenvalue weighted by Gasteiger charge is 2.29. The number of amides is 1. The number of anilines is 2. The van der Waals surface area contributed by atoms with Crippen molar-refractivity contribution in [2.24, 2.45) is 5.92 Å². The van der Waals surface area contributed by atoms with Gasteiger partial charge in [0, 0.05) is 18.3 Å². The number of pyridine rings is 1. The summed E-state index contributed by atoms with van der Waals surface area (Å²) in [7, 11) is 0. The molecule has 2 aromatic heterocycles. The van der Waals surface area contributed by atoms with E-state index in [9.17, 15) is 19.2 Å². The summed E-state index contributed by atoms with van der Waals surface area (Å²) >= 11 is 0. The van der Waals surface area contributed by atoms with E-state index in [1.165, 1.54) is 10.9 Å². The summed E-state index contributed by atoms with van der Waals surface area (Å²) in [5.74, 6) is -1.72. The second-order valence-electron chi connectivity index (χ2n) is 10.8. The molecule has 0 unspecified atom stereocenters. The van der Waals surface area contributed by atoms with Crippen LogP contribution in [-0.2, 0) is 25.5 Å². The van der Waals surface area contributed by atoms with Gasteiger partial charge in [0.1, 0.15) is 28.6 Å². The number of aromatic nitrogens is 3. The van der Waals surface area contributed by atoms with Crippen LogP contribution in [0.5, 0.6) is 0 Å². The van der Waals surface area contributed by atoms with Crippen molar-refractivity contribution in [3.63, 3.8) is 0 Å². The lowest BCUT2D eigenvalue weighted by atomic mass is 10.0. The highest BCUT2D eigenvalue weighted by Crippen LogP contribution is 2.28. The van der Waals surface area contributed by atoms with Crippen LogP contribution in [0.2, 0.25) is 0 Å². The fourth-order valence-corrected chi connectivity index (χ4v) is 3.93. The molecule has 1 atom stereocenters. The minimum atomic E-state index is -1.03. The number of nitrogens with zero attached hydrogens (tertiary/aromatic N) is 3. The molecule has 0 bridgehead atoms. The lowest BCUT2D eigenvalue weighted by Gasteiger charge is -2.23. The number of rotatable bonds is 11. The van der Waals surface area contributed by atoms with E-state index in [1.54, 1.807) is 70.3 Å². The van der Waals surface area contributed by atoms with E-state index in [2.05, 4.69) is 20.7 Å². The number of carbonyl (C=O) groups excluding carboxylic acids is 3. The lowest BCUT2D eigenvalue weighted by Crippen LogP contribution is -2.45. The molecule has 224 valence electrons. The van der Waals surface area contributed by atoms with Crippen LogP contribution in [0, 0.1) is 5.92 Å². The molecule has 0 aliphatic heterocycles. The molecule has 2 heterocycles. The average molecular weight is 580 g/mol. The molecule has 1 aromatic carbocycles. The second kappa shape index (κ2) is 14.2. The van der Waals surface area contributed by atoms with Gasteiger partial charge in [0.05, 0.1) is 11.9 Å². The topological polar surface area (TPSA) is 151 Å². The van der Waals surface area contributed by atoms with Gasteiger partial charge < -0.3 is 24.8 Å². The molecule has 0 radical (unpaired) electrons. The second-order valence-corrected chi connectivity index (χ2v) is 10.8. The Balaban J connectivity index is 1.89. The first kappa shape index (κ1) is 31.8. The molecule has 2 N–H and O–H groups in total. The lowest BCUT2D eigenvalue weighted by molar-refractivity contribution is -0.155. The summed E-state index contributed by atoms with van der Waals surface area (Å²) < 4.78 is 17.0. The molecule has 3 rings (SSSR count). The van der Waals surface area contributed by atoms with Gasteiger partial charge in [0.2, 0.25) is 6.79 Å². The highest BCUT2D eigenvalue weighted by molar-refractivity contribution is 6.02. The van der Waals surface area contributed by atoms with E-state index in [-0.39, 0.29) is 35.8 Å². The number of nitrogens with one attached hydrogen (secondary N) is 2. The molecule has 0 saturated heterocycles. The number of esters is 2. The Morgan fingerprint density at radius 1 is 1.02 bits per heavy atom. The van der Waals surface area contributed by atoms with Crippen molar-refractivity contribution in [3.8, 4) is 11.3 Å². The largest absolute Gasteiger partial charge is 0.444 e. The molecule has 12 heteroatoms. The molecule has 12 nitrogen and oxygen atoms in total. The van der Waals surface area contributed by atoms with Gasteiger partial charge in [0.15, 0.2) is 0 Å². The maximum Gasteiger partial charge on any atom is 0.408 e. The SMILES string of the molecule is CCn1nc(-c2ccccc2)c(C(=O)OCOC(=O)[C@H](CC(C)C)NC(=O)OC(C)(C)C)c(Nc2cccnc2)c1=O. The summed E-state index contributed by atoms with van der Waals surface area (Å²) in [5.41, 5.74) is -0.290. The van der Waals surface area contributed by atoms with Gasteiger partial charge in [-0.2, -0.15) is 5.10 Å². The van der Waals surface area contributed by atoms with Crippen molar-refractivity contribution < 1.29 is 28.6 Å². The summed E-state index contributed by atoms with van der Waals surface area (Å²) in [6, 6.07) is 11.2. The van der Waals surface area contributed by atoms with Crippen LogP contribution >= 0.6 is 0 Å². The molecule has 42 heavy (non-hydrogen) atoms. The van der Waals surface area contributed by atoms with Gasteiger partial charge in [-0.25, -0.2) is 19.1 Å². The first-order chi connectivity index (χ1) is 19.9. The monoisotopic (exact) mass is 579 g/mol. The Morgan fingerprint density at radius 3 is 2.33 bits per heavy atom. The molecule has 0 spiro atoms. The van der Waals surface area contributed by atoms with Gasteiger partial charge in [0.25, 0.3) is 5.56 Å². The minimum Gasteiger partial charge on any atom is -0.444 e. The zero-order chi connectivity index (χ0) is 30.9. The molecule has 0 aliphatic carbocycles. The summed E-state index contributed by atoms with van der Waals surface area (Å²) in [6.07, 6.45) is 2.57. The van der Waals surface area contributed by atoms with E-state index in [4.69, 9.17) is 14.2 Å². The molecular weight excluding hydrogens is 542 g/mol. The number of ether oxygens (including phenoxy) is 3. The van der Waals surface area contributed by atoms with Crippen molar-refractivity contribution in [2.75, 3.05) is 12.1 Å². The quantitative estimate of drug-likeness (QED) is 0.242. The molecule has 1 amide bonds. The van der Waals surface area contributed by atoms with E-state index in [1.807, 2.05) is 19.9 Å². The summed E-state index contributed by atoms with van der Waals surface area (Å²) in [6.45, 7) is 10.1. The van der Waals surface area contributed by atoms with Gasteiger partial charge in [-0.05, 0) is 52.2 Å². The van der Waals surface area contributed by atoms with Crippen LogP contribution in [0.15, 0.2) is 59.7 Å². The highest BCUT2D eigenvalue weighted by atomic mass is 16.7. The van der Waals surface area contributed by atoms with Gasteiger partial charge in [-0.15, -0.1) is 0 Å². The molecule has 0 aliphatic rings. The van der Waals surface area contributed by atoms with Crippen LogP contribution < -0.4 is 16.2 Å². The average Bonchev–Trinajstić information content (AvgIpc) is 2.93. The Kier molecular flexibility index (Phi) is 10.8. The van der Waals surface area contributed by atoms with E-state index < -0.39 is 42.0 Å². The predicted octanol–water partition coefficient (Wildman–Crippen LogP) is 4.67. The van der Waals surface area contributed by atoms with E-state index in [0.29, 0.717) is 11.3 Å². The Labute approximate surface area is 244 Å². The minimum absolute atomic E-state index is 0.0331.